The minimum Gasteiger partial charge on any atom is -0.401 e. The quantitative estimate of drug-likeness (QED) is 0.691. The summed E-state index contributed by atoms with van der Waals surface area (Å²) in [4.78, 5) is 28.1. The highest BCUT2D eigenvalue weighted by Crippen LogP contribution is 2.21. The lowest BCUT2D eigenvalue weighted by Crippen LogP contribution is -2.13. The van der Waals surface area contributed by atoms with E-state index in [-0.39, 0.29) is 36.4 Å². The highest BCUT2D eigenvalue weighted by molar-refractivity contribution is 7.09. The molecule has 0 aliphatic carbocycles. The first-order chi connectivity index (χ1) is 11.6. The molecular weight excluding hydrogens is 328 g/mol. The van der Waals surface area contributed by atoms with Gasteiger partial charge in [-0.3, -0.25) is 14.9 Å². The van der Waals surface area contributed by atoms with E-state index < -0.39 is 0 Å². The molecule has 0 saturated heterocycles. The second kappa shape index (κ2) is 7.14. The molecular formula is C16H14N4O3S. The molecule has 8 heteroatoms. The summed E-state index contributed by atoms with van der Waals surface area (Å²) >= 11 is 1.47. The number of rotatable bonds is 6. The lowest BCUT2D eigenvalue weighted by atomic mass is 10.1. The van der Waals surface area contributed by atoms with Crippen LogP contribution in [0.25, 0.3) is 11.6 Å². The van der Waals surface area contributed by atoms with Crippen LogP contribution in [0.4, 0.5) is 6.01 Å². The smallest absolute Gasteiger partial charge is 0.322 e. The van der Waals surface area contributed by atoms with E-state index in [1.54, 1.807) is 29.6 Å². The minimum absolute atomic E-state index is 0.00665. The van der Waals surface area contributed by atoms with Gasteiger partial charge >= 0.3 is 6.01 Å². The third kappa shape index (κ3) is 3.90. The van der Waals surface area contributed by atoms with Gasteiger partial charge in [0.25, 0.3) is 5.89 Å². The zero-order chi connectivity index (χ0) is 16.9. The number of Topliss-reactive ketones (excluding diaryl/α,β-unsaturated/α-hetero) is 1. The van der Waals surface area contributed by atoms with Crippen molar-refractivity contribution in [2.45, 2.75) is 19.8 Å². The van der Waals surface area contributed by atoms with Crippen LogP contribution in [0.15, 0.2) is 40.1 Å². The zero-order valence-corrected chi connectivity index (χ0v) is 13.7. The molecule has 1 amide bonds. The molecule has 3 rings (SSSR count). The molecule has 0 radical (unpaired) electrons. The van der Waals surface area contributed by atoms with Crippen LogP contribution >= 0.6 is 11.3 Å². The Morgan fingerprint density at radius 3 is 2.67 bits per heavy atom. The fourth-order valence-electron chi connectivity index (χ4n) is 2.02. The number of ketones is 1. The van der Waals surface area contributed by atoms with Crippen LogP contribution in [-0.2, 0) is 4.79 Å². The lowest BCUT2D eigenvalue weighted by Gasteiger charge is -2.01. The van der Waals surface area contributed by atoms with Gasteiger partial charge in [0.05, 0.1) is 5.01 Å². The second-order valence-corrected chi connectivity index (χ2v) is 6.06. The number of amides is 1. The van der Waals surface area contributed by atoms with Gasteiger partial charge < -0.3 is 4.42 Å². The molecule has 1 N–H and O–H groups in total. The van der Waals surface area contributed by atoms with Crippen molar-refractivity contribution in [2.24, 2.45) is 0 Å². The highest BCUT2D eigenvalue weighted by atomic mass is 32.1. The molecule has 3 aromatic rings. The molecule has 0 saturated carbocycles. The van der Waals surface area contributed by atoms with Crippen molar-refractivity contribution in [2.75, 3.05) is 5.32 Å². The van der Waals surface area contributed by atoms with Crippen molar-refractivity contribution in [3.8, 4) is 11.6 Å². The number of carbonyl (C=O) groups is 2. The Balaban J connectivity index is 1.54. The number of nitrogens with one attached hydrogen (secondary N) is 1. The number of anilines is 1. The number of aryl methyl sites for hydroxylation is 1. The van der Waals surface area contributed by atoms with Crippen molar-refractivity contribution in [1.29, 1.82) is 0 Å². The number of hydrogen-bond acceptors (Lipinski definition) is 7. The maximum absolute atomic E-state index is 12.0. The molecule has 1 aromatic carbocycles. The van der Waals surface area contributed by atoms with Crippen LogP contribution in [0, 0.1) is 6.92 Å². The number of benzene rings is 1. The molecule has 122 valence electrons. The number of thiazole rings is 1. The van der Waals surface area contributed by atoms with E-state index in [1.165, 1.54) is 11.3 Å². The highest BCUT2D eigenvalue weighted by Gasteiger charge is 2.14. The van der Waals surface area contributed by atoms with Crippen molar-refractivity contribution in [3.05, 3.63) is 46.3 Å². The number of nitrogens with zero attached hydrogens (tertiary/aromatic N) is 3. The summed E-state index contributed by atoms with van der Waals surface area (Å²) in [7, 11) is 0. The van der Waals surface area contributed by atoms with Crippen LogP contribution in [-0.4, -0.2) is 26.9 Å². The molecule has 24 heavy (non-hydrogen) atoms. The van der Waals surface area contributed by atoms with Gasteiger partial charge in [-0.1, -0.05) is 35.4 Å². The van der Waals surface area contributed by atoms with Crippen molar-refractivity contribution < 1.29 is 14.0 Å². The lowest BCUT2D eigenvalue weighted by molar-refractivity contribution is -0.116. The van der Waals surface area contributed by atoms with E-state index in [0.29, 0.717) is 11.3 Å². The van der Waals surface area contributed by atoms with Crippen molar-refractivity contribution in [3.63, 3.8) is 0 Å². The van der Waals surface area contributed by atoms with Crippen molar-refractivity contribution >= 4 is 29.0 Å². The Hall–Kier alpha value is -2.87. The third-order valence-corrected chi connectivity index (χ3v) is 3.96. The second-order valence-electron chi connectivity index (χ2n) is 5.00. The number of aromatic nitrogens is 3. The molecule has 0 spiro atoms. The predicted molar refractivity (Wildman–Crippen MR) is 88.8 cm³/mol. The van der Waals surface area contributed by atoms with Crippen LogP contribution in [0.5, 0.6) is 0 Å². The summed E-state index contributed by atoms with van der Waals surface area (Å²) < 4.78 is 5.35. The monoisotopic (exact) mass is 342 g/mol. The van der Waals surface area contributed by atoms with Crippen LogP contribution < -0.4 is 5.32 Å². The molecule has 0 unspecified atom stereocenters. The SMILES string of the molecule is Cc1nc(-c2nnc(NC(=O)CCC(=O)c3ccccc3)o2)cs1. The Bertz CT molecular complexity index is 857. The molecule has 2 heterocycles. The summed E-state index contributed by atoms with van der Waals surface area (Å²) in [5.41, 5.74) is 1.16. The maximum atomic E-state index is 12.0. The van der Waals surface area contributed by atoms with Crippen LogP contribution in [0.3, 0.4) is 0 Å². The van der Waals surface area contributed by atoms with Gasteiger partial charge in [0.1, 0.15) is 5.69 Å². The van der Waals surface area contributed by atoms with Gasteiger partial charge in [0.2, 0.25) is 5.91 Å². The van der Waals surface area contributed by atoms with Crippen LogP contribution in [0.2, 0.25) is 0 Å². The Morgan fingerprint density at radius 2 is 1.96 bits per heavy atom. The number of carbonyl (C=O) groups excluding carboxylic acids is 2. The van der Waals surface area contributed by atoms with Gasteiger partial charge in [0.15, 0.2) is 5.78 Å². The van der Waals surface area contributed by atoms with Gasteiger partial charge in [-0.05, 0) is 6.92 Å². The molecule has 0 fully saturated rings. The molecule has 2 aromatic heterocycles. The summed E-state index contributed by atoms with van der Waals surface area (Å²) in [6, 6.07) is 8.84. The fourth-order valence-corrected chi connectivity index (χ4v) is 2.60. The van der Waals surface area contributed by atoms with Gasteiger partial charge in [0, 0.05) is 23.8 Å². The van der Waals surface area contributed by atoms with E-state index in [1.807, 2.05) is 13.0 Å². The van der Waals surface area contributed by atoms with E-state index >= 15 is 0 Å². The largest absolute Gasteiger partial charge is 0.401 e. The molecule has 7 nitrogen and oxygen atoms in total. The summed E-state index contributed by atoms with van der Waals surface area (Å²) in [5, 5.41) is 12.8. The van der Waals surface area contributed by atoms with Gasteiger partial charge in [-0.2, -0.15) is 0 Å². The van der Waals surface area contributed by atoms with Crippen LogP contribution in [0.1, 0.15) is 28.2 Å². The first kappa shape index (κ1) is 16.0. The molecule has 0 atom stereocenters. The van der Waals surface area contributed by atoms with Gasteiger partial charge in [-0.15, -0.1) is 16.4 Å². The topological polar surface area (TPSA) is 98.0 Å². The average molecular weight is 342 g/mol. The fraction of sp³-hybridized carbons (Fsp3) is 0.188. The van der Waals surface area contributed by atoms with E-state index in [0.717, 1.165) is 5.01 Å². The Morgan fingerprint density at radius 1 is 1.17 bits per heavy atom. The van der Waals surface area contributed by atoms with Crippen molar-refractivity contribution in [1.82, 2.24) is 15.2 Å². The first-order valence-corrected chi connectivity index (χ1v) is 8.14. The average Bonchev–Trinajstić information content (AvgIpc) is 3.22. The van der Waals surface area contributed by atoms with E-state index in [9.17, 15) is 9.59 Å². The zero-order valence-electron chi connectivity index (χ0n) is 12.9. The number of hydrogen-bond donors (Lipinski definition) is 1. The molecule has 0 bridgehead atoms. The minimum atomic E-state index is -0.357. The maximum Gasteiger partial charge on any atom is 0.322 e. The molecule has 0 aliphatic rings. The van der Waals surface area contributed by atoms with E-state index in [2.05, 4.69) is 20.5 Å². The predicted octanol–water partition coefficient (Wildman–Crippen LogP) is 3.10. The summed E-state index contributed by atoms with van der Waals surface area (Å²) in [5.74, 6) is -0.200. The summed E-state index contributed by atoms with van der Waals surface area (Å²) in [6.45, 7) is 1.87. The standard InChI is InChI=1S/C16H14N4O3S/c1-10-17-12(9-24-10)15-19-20-16(23-15)18-14(22)8-7-13(21)11-5-3-2-4-6-11/h2-6,9H,7-8H2,1H3,(H,18,20,22). The normalized spacial score (nSPS) is 10.5. The first-order valence-electron chi connectivity index (χ1n) is 7.26. The van der Waals surface area contributed by atoms with Gasteiger partial charge in [-0.25, -0.2) is 4.98 Å². The van der Waals surface area contributed by atoms with E-state index in [4.69, 9.17) is 4.42 Å². The summed E-state index contributed by atoms with van der Waals surface area (Å²) in [6.07, 6.45) is 0.156. The third-order valence-electron chi connectivity index (χ3n) is 3.18. The Labute approximate surface area is 141 Å². The Kier molecular flexibility index (Phi) is 4.76. The molecule has 0 aliphatic heterocycles.